The fourth-order valence-corrected chi connectivity index (χ4v) is 3.37. The topological polar surface area (TPSA) is 49.3 Å². The van der Waals surface area contributed by atoms with Crippen molar-refractivity contribution in [1.82, 2.24) is 5.32 Å². The molecule has 0 heterocycles. The summed E-state index contributed by atoms with van der Waals surface area (Å²) in [6.45, 7) is 4.62. The van der Waals surface area contributed by atoms with Crippen LogP contribution < -0.4 is 5.32 Å². The Bertz CT molecular complexity index is 1020. The molecule has 1 atom stereocenters. The Morgan fingerprint density at radius 3 is 2.59 bits per heavy atom. The van der Waals surface area contributed by atoms with Crippen LogP contribution in [0.4, 0.5) is 0 Å². The fourth-order valence-electron chi connectivity index (χ4n) is 3.37. The summed E-state index contributed by atoms with van der Waals surface area (Å²) in [6, 6.07) is 20.1. The molecule has 2 N–H and O–H groups in total. The lowest BCUT2D eigenvalue weighted by atomic mass is 9.99. The quantitative estimate of drug-likeness (QED) is 0.645. The SMILES string of the molecule is CCc1c(C#CCNC(C)c2cccc3ccccc23)cccc1C(=O)O. The minimum absolute atomic E-state index is 0.168. The zero-order chi connectivity index (χ0) is 19.2. The predicted octanol–water partition coefficient (Wildman–Crippen LogP) is 4.80. The third-order valence-corrected chi connectivity index (χ3v) is 4.77. The zero-order valence-electron chi connectivity index (χ0n) is 15.6. The van der Waals surface area contributed by atoms with Crippen molar-refractivity contribution in [3.63, 3.8) is 0 Å². The third kappa shape index (κ3) is 4.19. The van der Waals surface area contributed by atoms with Gasteiger partial charge in [-0.2, -0.15) is 0 Å². The molecule has 3 nitrogen and oxygen atoms in total. The molecule has 0 fully saturated rings. The van der Waals surface area contributed by atoms with Crippen LogP contribution in [0.5, 0.6) is 0 Å². The molecule has 3 rings (SSSR count). The fraction of sp³-hybridized carbons (Fsp3) is 0.208. The van der Waals surface area contributed by atoms with E-state index < -0.39 is 5.97 Å². The van der Waals surface area contributed by atoms with Crippen LogP contribution in [0.2, 0.25) is 0 Å². The first-order valence-corrected chi connectivity index (χ1v) is 9.17. The second kappa shape index (κ2) is 8.53. The molecule has 0 aliphatic heterocycles. The number of benzene rings is 3. The Morgan fingerprint density at radius 1 is 1.07 bits per heavy atom. The van der Waals surface area contributed by atoms with E-state index in [1.807, 2.05) is 19.1 Å². The maximum absolute atomic E-state index is 11.4. The summed E-state index contributed by atoms with van der Waals surface area (Å²) >= 11 is 0. The van der Waals surface area contributed by atoms with Crippen LogP contribution in [0, 0.1) is 11.8 Å². The first-order chi connectivity index (χ1) is 13.1. The van der Waals surface area contributed by atoms with E-state index in [1.54, 1.807) is 12.1 Å². The molecule has 0 amide bonds. The molecule has 3 aromatic carbocycles. The molecule has 0 saturated heterocycles. The largest absolute Gasteiger partial charge is 0.478 e. The van der Waals surface area contributed by atoms with Crippen LogP contribution >= 0.6 is 0 Å². The van der Waals surface area contributed by atoms with Crippen molar-refractivity contribution in [2.75, 3.05) is 6.54 Å². The van der Waals surface area contributed by atoms with Gasteiger partial charge in [-0.25, -0.2) is 4.79 Å². The highest BCUT2D eigenvalue weighted by Crippen LogP contribution is 2.23. The minimum Gasteiger partial charge on any atom is -0.478 e. The van der Waals surface area contributed by atoms with E-state index in [2.05, 4.69) is 60.5 Å². The molecule has 0 spiro atoms. The highest BCUT2D eigenvalue weighted by Gasteiger charge is 2.11. The van der Waals surface area contributed by atoms with Crippen LogP contribution in [-0.2, 0) is 6.42 Å². The van der Waals surface area contributed by atoms with Gasteiger partial charge < -0.3 is 5.11 Å². The summed E-state index contributed by atoms with van der Waals surface area (Å²) in [7, 11) is 0. The number of carboxylic acid groups (broad SMARTS) is 1. The maximum Gasteiger partial charge on any atom is 0.336 e. The number of hydrogen-bond acceptors (Lipinski definition) is 2. The Kier molecular flexibility index (Phi) is 5.90. The summed E-state index contributed by atoms with van der Waals surface area (Å²) in [5.41, 5.74) is 3.16. The highest BCUT2D eigenvalue weighted by atomic mass is 16.4. The summed E-state index contributed by atoms with van der Waals surface area (Å²) in [5.74, 6) is 5.36. The van der Waals surface area contributed by atoms with Crippen molar-refractivity contribution in [1.29, 1.82) is 0 Å². The second-order valence-electron chi connectivity index (χ2n) is 6.46. The van der Waals surface area contributed by atoms with Crippen molar-refractivity contribution in [3.8, 4) is 11.8 Å². The smallest absolute Gasteiger partial charge is 0.336 e. The van der Waals surface area contributed by atoms with Crippen LogP contribution in [0.1, 0.15) is 46.9 Å². The Labute approximate surface area is 160 Å². The third-order valence-electron chi connectivity index (χ3n) is 4.77. The standard InChI is InChI=1S/C24H23NO2/c1-3-20-18(10-7-15-23(20)24(26)27)12-8-16-25-17(2)21-14-6-11-19-9-4-5-13-22(19)21/h4-7,9-11,13-15,17,25H,3,16H2,1-2H3,(H,26,27). The molecular formula is C24H23NO2. The maximum atomic E-state index is 11.4. The molecular weight excluding hydrogens is 334 g/mol. The summed E-state index contributed by atoms with van der Waals surface area (Å²) in [5, 5.41) is 15.2. The normalized spacial score (nSPS) is 11.6. The van der Waals surface area contributed by atoms with Gasteiger partial charge in [-0.3, -0.25) is 5.32 Å². The van der Waals surface area contributed by atoms with Crippen molar-refractivity contribution < 1.29 is 9.90 Å². The van der Waals surface area contributed by atoms with E-state index in [-0.39, 0.29) is 6.04 Å². The van der Waals surface area contributed by atoms with Gasteiger partial charge in [0.1, 0.15) is 0 Å². The van der Waals surface area contributed by atoms with Crippen LogP contribution in [0.15, 0.2) is 60.7 Å². The predicted molar refractivity (Wildman–Crippen MR) is 110 cm³/mol. The molecule has 0 aliphatic carbocycles. The van der Waals surface area contributed by atoms with Crippen molar-refractivity contribution in [2.24, 2.45) is 0 Å². The average molecular weight is 357 g/mol. The van der Waals surface area contributed by atoms with Crippen molar-refractivity contribution in [3.05, 3.63) is 82.9 Å². The number of carboxylic acids is 1. The number of fused-ring (bicyclic) bond motifs is 1. The van der Waals surface area contributed by atoms with Gasteiger partial charge in [-0.15, -0.1) is 0 Å². The average Bonchev–Trinajstić information content (AvgIpc) is 2.70. The molecule has 0 aromatic heterocycles. The lowest BCUT2D eigenvalue weighted by molar-refractivity contribution is 0.0695. The van der Waals surface area contributed by atoms with E-state index in [1.165, 1.54) is 16.3 Å². The van der Waals surface area contributed by atoms with Crippen molar-refractivity contribution in [2.45, 2.75) is 26.3 Å². The van der Waals surface area contributed by atoms with Gasteiger partial charge in [0.05, 0.1) is 12.1 Å². The Morgan fingerprint density at radius 2 is 1.81 bits per heavy atom. The van der Waals surface area contributed by atoms with Crippen LogP contribution in [-0.4, -0.2) is 17.6 Å². The first kappa shape index (κ1) is 18.7. The molecule has 0 saturated carbocycles. The molecule has 1 unspecified atom stereocenters. The van der Waals surface area contributed by atoms with Gasteiger partial charge in [0.15, 0.2) is 0 Å². The molecule has 3 heteroatoms. The van der Waals surface area contributed by atoms with Gasteiger partial charge in [0.25, 0.3) is 0 Å². The molecule has 0 bridgehead atoms. The van der Waals surface area contributed by atoms with E-state index in [0.29, 0.717) is 18.5 Å². The van der Waals surface area contributed by atoms with Gasteiger partial charge in [0, 0.05) is 11.6 Å². The van der Waals surface area contributed by atoms with Gasteiger partial charge in [-0.05, 0) is 47.4 Å². The monoisotopic (exact) mass is 357 g/mol. The van der Waals surface area contributed by atoms with E-state index in [9.17, 15) is 9.90 Å². The summed E-state index contributed by atoms with van der Waals surface area (Å²) in [4.78, 5) is 11.4. The number of aromatic carboxylic acids is 1. The Hall–Kier alpha value is -3.09. The van der Waals surface area contributed by atoms with Crippen LogP contribution in [0.3, 0.4) is 0 Å². The Balaban J connectivity index is 1.74. The molecule has 0 aliphatic rings. The zero-order valence-corrected chi connectivity index (χ0v) is 15.6. The number of nitrogens with one attached hydrogen (secondary N) is 1. The molecule has 3 aromatic rings. The first-order valence-electron chi connectivity index (χ1n) is 9.17. The molecule has 136 valence electrons. The summed E-state index contributed by atoms with van der Waals surface area (Å²) < 4.78 is 0. The molecule has 0 radical (unpaired) electrons. The highest BCUT2D eigenvalue weighted by molar-refractivity contribution is 5.90. The molecule has 27 heavy (non-hydrogen) atoms. The minimum atomic E-state index is -0.904. The van der Waals surface area contributed by atoms with Gasteiger partial charge >= 0.3 is 5.97 Å². The van der Waals surface area contributed by atoms with Gasteiger partial charge in [0.2, 0.25) is 0 Å². The van der Waals surface area contributed by atoms with Crippen LogP contribution in [0.25, 0.3) is 10.8 Å². The van der Waals surface area contributed by atoms with Crippen molar-refractivity contribution >= 4 is 16.7 Å². The van der Waals surface area contributed by atoms with E-state index in [4.69, 9.17) is 0 Å². The van der Waals surface area contributed by atoms with Gasteiger partial charge in [-0.1, -0.05) is 67.3 Å². The second-order valence-corrected chi connectivity index (χ2v) is 6.46. The van der Waals surface area contributed by atoms with E-state index >= 15 is 0 Å². The lowest BCUT2D eigenvalue weighted by Gasteiger charge is -2.15. The lowest BCUT2D eigenvalue weighted by Crippen LogP contribution is -2.19. The number of rotatable bonds is 5. The number of hydrogen-bond donors (Lipinski definition) is 2. The van der Waals surface area contributed by atoms with E-state index in [0.717, 1.165) is 11.1 Å². The summed E-state index contributed by atoms with van der Waals surface area (Å²) in [6.07, 6.45) is 0.645. The number of carbonyl (C=O) groups is 1.